The summed E-state index contributed by atoms with van der Waals surface area (Å²) in [7, 11) is 0. The van der Waals surface area contributed by atoms with Crippen LogP contribution in [-0.2, 0) is 9.53 Å². The second-order valence-corrected chi connectivity index (χ2v) is 6.48. The molecule has 0 aliphatic heterocycles. The molecule has 0 radical (unpaired) electrons. The van der Waals surface area contributed by atoms with E-state index in [1.165, 1.54) is 30.3 Å². The summed E-state index contributed by atoms with van der Waals surface area (Å²) in [5.74, 6) is -1.33. The van der Waals surface area contributed by atoms with Crippen molar-refractivity contribution in [2.24, 2.45) is 0 Å². The Morgan fingerprint density at radius 1 is 0.917 bits per heavy atom. The molecule has 24 heavy (non-hydrogen) atoms. The second-order valence-electron chi connectivity index (χ2n) is 4.47. The molecule has 2 aromatic carbocycles. The van der Waals surface area contributed by atoms with Gasteiger partial charge in [0.25, 0.3) is 5.91 Å². The van der Waals surface area contributed by atoms with Gasteiger partial charge in [0.05, 0.1) is 31.3 Å². The first-order valence-electron chi connectivity index (χ1n) is 6.35. The molecule has 0 bridgehead atoms. The van der Waals surface area contributed by atoms with Crippen LogP contribution in [0.5, 0.6) is 0 Å². The summed E-state index contributed by atoms with van der Waals surface area (Å²) in [5.41, 5.74) is 0.303. The lowest BCUT2D eigenvalue weighted by Crippen LogP contribution is -2.21. The maximum absolute atomic E-state index is 11.9. The number of anilines is 1. The number of hydrogen-bond donors (Lipinski definition) is 1. The molecule has 9 heteroatoms. The van der Waals surface area contributed by atoms with Crippen molar-refractivity contribution in [1.82, 2.24) is 0 Å². The number of ether oxygens (including phenoxy) is 1. The van der Waals surface area contributed by atoms with Crippen LogP contribution in [0, 0.1) is 0 Å². The number of carbonyl (C=O) groups is 2. The van der Waals surface area contributed by atoms with Gasteiger partial charge in [-0.15, -0.1) is 0 Å². The molecule has 0 unspecified atom stereocenters. The molecule has 4 nitrogen and oxygen atoms in total. The van der Waals surface area contributed by atoms with E-state index in [0.717, 1.165) is 0 Å². The van der Waals surface area contributed by atoms with Gasteiger partial charge in [-0.2, -0.15) is 0 Å². The average Bonchev–Trinajstić information content (AvgIpc) is 2.55. The van der Waals surface area contributed by atoms with Gasteiger partial charge in [-0.05, 0) is 30.3 Å². The lowest BCUT2D eigenvalue weighted by atomic mass is 10.2. The van der Waals surface area contributed by atoms with Crippen molar-refractivity contribution in [3.05, 3.63) is 61.0 Å². The van der Waals surface area contributed by atoms with E-state index < -0.39 is 18.5 Å². The summed E-state index contributed by atoms with van der Waals surface area (Å²) in [6.45, 7) is -0.543. The van der Waals surface area contributed by atoms with E-state index in [1.54, 1.807) is 0 Å². The molecule has 0 fully saturated rings. The Morgan fingerprint density at radius 2 is 1.46 bits per heavy atom. The molecule has 0 aromatic heterocycles. The van der Waals surface area contributed by atoms with Crippen molar-refractivity contribution in [1.29, 1.82) is 0 Å². The topological polar surface area (TPSA) is 55.4 Å². The predicted molar refractivity (Wildman–Crippen MR) is 96.8 cm³/mol. The lowest BCUT2D eigenvalue weighted by Gasteiger charge is -2.12. The van der Waals surface area contributed by atoms with Gasteiger partial charge in [0, 0.05) is 5.02 Å². The Morgan fingerprint density at radius 3 is 2.00 bits per heavy atom. The molecule has 126 valence electrons. The number of carbonyl (C=O) groups excluding carboxylic acids is 2. The molecule has 0 heterocycles. The minimum absolute atomic E-state index is 0.0310. The van der Waals surface area contributed by atoms with Crippen molar-refractivity contribution in [2.75, 3.05) is 11.9 Å². The zero-order valence-corrected chi connectivity index (χ0v) is 15.5. The third kappa shape index (κ3) is 4.68. The van der Waals surface area contributed by atoms with Crippen molar-refractivity contribution >= 4 is 75.6 Å². The summed E-state index contributed by atoms with van der Waals surface area (Å²) in [4.78, 5) is 23.7. The Labute approximate surface area is 162 Å². The van der Waals surface area contributed by atoms with Gasteiger partial charge < -0.3 is 10.1 Å². The number of nitrogens with one attached hydrogen (secondary N) is 1. The minimum atomic E-state index is -0.678. The van der Waals surface area contributed by atoms with Crippen LogP contribution in [0.3, 0.4) is 0 Å². The van der Waals surface area contributed by atoms with E-state index in [1.807, 2.05) is 0 Å². The zero-order chi connectivity index (χ0) is 17.9. The maximum atomic E-state index is 11.9. The molecule has 1 amide bonds. The highest BCUT2D eigenvalue weighted by atomic mass is 35.5. The number of rotatable bonds is 4. The number of amides is 1. The first-order chi connectivity index (χ1) is 11.3. The van der Waals surface area contributed by atoms with E-state index >= 15 is 0 Å². The summed E-state index contributed by atoms with van der Waals surface area (Å²) < 4.78 is 4.90. The summed E-state index contributed by atoms with van der Waals surface area (Å²) >= 11 is 29.4. The average molecular weight is 427 g/mol. The van der Waals surface area contributed by atoms with Gasteiger partial charge in [0.2, 0.25) is 0 Å². The van der Waals surface area contributed by atoms with E-state index in [2.05, 4.69) is 5.32 Å². The SMILES string of the molecule is O=C(COC(=O)c1ccc(Cl)cc1)Nc1c(Cl)c(Cl)cc(Cl)c1Cl. The summed E-state index contributed by atoms with van der Waals surface area (Å²) in [5, 5.41) is 3.20. The first-order valence-corrected chi connectivity index (χ1v) is 8.24. The van der Waals surface area contributed by atoms with Crippen LogP contribution in [0.4, 0.5) is 5.69 Å². The van der Waals surface area contributed by atoms with Crippen LogP contribution < -0.4 is 5.32 Å². The molecule has 0 saturated heterocycles. The number of esters is 1. The molecule has 0 aliphatic carbocycles. The smallest absolute Gasteiger partial charge is 0.338 e. The molecule has 0 aliphatic rings. The molecule has 2 aromatic rings. The van der Waals surface area contributed by atoms with E-state index in [9.17, 15) is 9.59 Å². The summed E-state index contributed by atoms with van der Waals surface area (Å²) in [6, 6.07) is 7.38. The Hall–Kier alpha value is -1.17. The van der Waals surface area contributed by atoms with Crippen LogP contribution in [0.1, 0.15) is 10.4 Å². The fraction of sp³-hybridized carbons (Fsp3) is 0.0667. The molecule has 0 atom stereocenters. The van der Waals surface area contributed by atoms with Crippen molar-refractivity contribution in [3.8, 4) is 0 Å². The van der Waals surface area contributed by atoms with Gasteiger partial charge in [0.1, 0.15) is 0 Å². The fourth-order valence-electron chi connectivity index (χ4n) is 1.66. The Kier molecular flexibility index (Phi) is 6.61. The van der Waals surface area contributed by atoms with Crippen molar-refractivity contribution in [3.63, 3.8) is 0 Å². The van der Waals surface area contributed by atoms with Crippen LogP contribution in [-0.4, -0.2) is 18.5 Å². The third-order valence-electron chi connectivity index (χ3n) is 2.79. The first kappa shape index (κ1) is 19.2. The van der Waals surface area contributed by atoms with Gasteiger partial charge >= 0.3 is 5.97 Å². The quantitative estimate of drug-likeness (QED) is 0.499. The van der Waals surface area contributed by atoms with Crippen LogP contribution in [0.15, 0.2) is 30.3 Å². The largest absolute Gasteiger partial charge is 0.452 e. The summed E-state index contributed by atoms with van der Waals surface area (Å²) in [6.07, 6.45) is 0. The van der Waals surface area contributed by atoms with Crippen molar-refractivity contribution in [2.45, 2.75) is 0 Å². The van der Waals surface area contributed by atoms with E-state index in [4.69, 9.17) is 62.7 Å². The highest BCUT2D eigenvalue weighted by Crippen LogP contribution is 2.40. The zero-order valence-electron chi connectivity index (χ0n) is 11.7. The van der Waals surface area contributed by atoms with Gasteiger partial charge in [-0.3, -0.25) is 4.79 Å². The number of hydrogen-bond acceptors (Lipinski definition) is 3. The highest BCUT2D eigenvalue weighted by molar-refractivity contribution is 6.50. The van der Waals surface area contributed by atoms with Gasteiger partial charge in [0.15, 0.2) is 6.61 Å². The lowest BCUT2D eigenvalue weighted by molar-refractivity contribution is -0.119. The van der Waals surface area contributed by atoms with Crippen molar-refractivity contribution < 1.29 is 14.3 Å². The Bertz CT molecular complexity index is 766. The monoisotopic (exact) mass is 425 g/mol. The van der Waals surface area contributed by atoms with Crippen LogP contribution in [0.25, 0.3) is 0 Å². The molecule has 1 N–H and O–H groups in total. The number of halogens is 5. The predicted octanol–water partition coefficient (Wildman–Crippen LogP) is 5.75. The van der Waals surface area contributed by atoms with Crippen LogP contribution >= 0.6 is 58.0 Å². The molecular weight excluding hydrogens is 419 g/mol. The van der Waals surface area contributed by atoms with Crippen LogP contribution in [0.2, 0.25) is 25.1 Å². The maximum Gasteiger partial charge on any atom is 0.338 e. The molecule has 0 spiro atoms. The second kappa shape index (κ2) is 8.28. The normalized spacial score (nSPS) is 10.4. The Balaban J connectivity index is 2.02. The molecule has 0 saturated carbocycles. The van der Waals surface area contributed by atoms with E-state index in [0.29, 0.717) is 5.02 Å². The highest BCUT2D eigenvalue weighted by Gasteiger charge is 2.17. The third-order valence-corrected chi connectivity index (χ3v) is 4.62. The van der Waals surface area contributed by atoms with Gasteiger partial charge in [-0.1, -0.05) is 58.0 Å². The number of benzene rings is 2. The molecule has 2 rings (SSSR count). The fourth-order valence-corrected chi connectivity index (χ4v) is 2.69. The van der Waals surface area contributed by atoms with Gasteiger partial charge in [-0.25, -0.2) is 4.79 Å². The standard InChI is InChI=1S/C15H8Cl5NO3/c16-8-3-1-7(2-4-8)15(23)24-6-11(22)21-14-12(19)9(17)5-10(18)13(14)20/h1-5H,6H2,(H,21,22). The van der Waals surface area contributed by atoms with E-state index in [-0.39, 0.29) is 31.3 Å². The molecular formula is C15H8Cl5NO3. The minimum Gasteiger partial charge on any atom is -0.452 e.